The summed E-state index contributed by atoms with van der Waals surface area (Å²) in [6, 6.07) is 36.5. The molecular weight excluding hydrogens is 776 g/mol. The zero-order valence-electron chi connectivity index (χ0n) is 31.0. The van der Waals surface area contributed by atoms with Crippen molar-refractivity contribution in [3.63, 3.8) is 0 Å². The molecular formula is C43H35FN8O4S2. The van der Waals surface area contributed by atoms with E-state index < -0.39 is 0 Å². The van der Waals surface area contributed by atoms with E-state index in [-0.39, 0.29) is 35.2 Å². The number of anilines is 2. The third kappa shape index (κ3) is 8.96. The number of amides is 2. The third-order valence-electron chi connectivity index (χ3n) is 9.12. The lowest BCUT2D eigenvalue weighted by Crippen LogP contribution is -2.15. The standard InChI is InChI=1S/C43H35FN8O4S2/c1-28(30-8-4-2-5-9-30)52-41(48-50-43(52)58-27-39(54)45-35-10-6-3-7-11-35)33-22-37(56-25-33)31-14-18-36(19-15-31)46-38(53)26-57-42-49-47-40(32-20-21-55-24-32)51(42)23-29-12-16-34(44)17-13-29/h2-22,24-25,28H,23,26-27H2,1H3,(H,45,54)(H,46,53). The van der Waals surface area contributed by atoms with Gasteiger partial charge in [0.2, 0.25) is 11.8 Å². The zero-order valence-corrected chi connectivity index (χ0v) is 32.6. The minimum atomic E-state index is -0.321. The minimum absolute atomic E-state index is 0.0797. The molecule has 4 aromatic carbocycles. The number of benzene rings is 4. The topological polar surface area (TPSA) is 146 Å². The molecule has 0 bridgehead atoms. The van der Waals surface area contributed by atoms with E-state index in [1.54, 1.807) is 37.0 Å². The lowest BCUT2D eigenvalue weighted by Gasteiger charge is -2.18. The summed E-state index contributed by atoms with van der Waals surface area (Å²) in [4.78, 5) is 25.9. The fourth-order valence-electron chi connectivity index (χ4n) is 6.22. The smallest absolute Gasteiger partial charge is 0.234 e. The van der Waals surface area contributed by atoms with Crippen LogP contribution in [0.5, 0.6) is 0 Å². The van der Waals surface area contributed by atoms with E-state index in [9.17, 15) is 14.0 Å². The lowest BCUT2D eigenvalue weighted by molar-refractivity contribution is -0.114. The lowest BCUT2D eigenvalue weighted by atomic mass is 10.1. The van der Waals surface area contributed by atoms with E-state index in [0.717, 1.165) is 33.5 Å². The number of furan rings is 2. The summed E-state index contributed by atoms with van der Waals surface area (Å²) in [5.74, 6) is 1.32. The summed E-state index contributed by atoms with van der Waals surface area (Å²) in [6.07, 6.45) is 4.77. The van der Waals surface area contributed by atoms with Gasteiger partial charge in [-0.3, -0.25) is 18.7 Å². The van der Waals surface area contributed by atoms with Crippen molar-refractivity contribution >= 4 is 46.7 Å². The average Bonchev–Trinajstić information content (AvgIpc) is 4.09. The number of hydrogen-bond donors (Lipinski definition) is 2. The Hall–Kier alpha value is -6.71. The van der Waals surface area contributed by atoms with Crippen molar-refractivity contribution in [2.75, 3.05) is 22.1 Å². The molecule has 290 valence electrons. The maximum absolute atomic E-state index is 13.6. The van der Waals surface area contributed by atoms with Crippen molar-refractivity contribution in [2.45, 2.75) is 29.8 Å². The number of carbonyl (C=O) groups is 2. The van der Waals surface area contributed by atoms with Crippen LogP contribution in [-0.2, 0) is 16.1 Å². The molecule has 12 nitrogen and oxygen atoms in total. The number of hydrogen-bond acceptors (Lipinski definition) is 10. The van der Waals surface area contributed by atoms with Crippen LogP contribution in [0.4, 0.5) is 15.8 Å². The number of nitrogens with one attached hydrogen (secondary N) is 2. The third-order valence-corrected chi connectivity index (χ3v) is 11.0. The summed E-state index contributed by atoms with van der Waals surface area (Å²) in [5.41, 5.74) is 5.52. The number of aromatic nitrogens is 6. The van der Waals surface area contributed by atoms with Crippen molar-refractivity contribution in [1.29, 1.82) is 0 Å². The Morgan fingerprint density at radius 3 is 2.02 bits per heavy atom. The first-order valence-corrected chi connectivity index (χ1v) is 20.1. The van der Waals surface area contributed by atoms with Crippen LogP contribution < -0.4 is 10.6 Å². The maximum Gasteiger partial charge on any atom is 0.234 e. The second kappa shape index (κ2) is 17.6. The minimum Gasteiger partial charge on any atom is -0.472 e. The molecule has 58 heavy (non-hydrogen) atoms. The summed E-state index contributed by atoms with van der Waals surface area (Å²) in [6.45, 7) is 2.45. The molecule has 1 unspecified atom stereocenters. The number of rotatable bonds is 15. The second-order valence-electron chi connectivity index (χ2n) is 13.1. The number of thioether (sulfide) groups is 2. The van der Waals surface area contributed by atoms with Gasteiger partial charge in [0.25, 0.3) is 0 Å². The molecule has 1 atom stereocenters. The van der Waals surface area contributed by atoms with Gasteiger partial charge in [-0.1, -0.05) is 84.2 Å². The molecule has 0 aliphatic rings. The van der Waals surface area contributed by atoms with Crippen molar-refractivity contribution in [3.8, 4) is 34.1 Å². The highest BCUT2D eigenvalue weighted by atomic mass is 32.2. The molecule has 0 aliphatic carbocycles. The van der Waals surface area contributed by atoms with Gasteiger partial charge in [0.05, 0.1) is 41.5 Å². The molecule has 8 rings (SSSR count). The Bertz CT molecular complexity index is 2610. The first kappa shape index (κ1) is 38.2. The zero-order chi connectivity index (χ0) is 39.8. The summed E-state index contributed by atoms with van der Waals surface area (Å²) >= 11 is 2.56. The Morgan fingerprint density at radius 1 is 0.690 bits per heavy atom. The highest BCUT2D eigenvalue weighted by Crippen LogP contribution is 2.34. The molecule has 2 N–H and O–H groups in total. The first-order chi connectivity index (χ1) is 28.4. The Balaban J connectivity index is 0.938. The van der Waals surface area contributed by atoms with E-state index in [4.69, 9.17) is 8.83 Å². The molecule has 15 heteroatoms. The highest BCUT2D eigenvalue weighted by Gasteiger charge is 2.23. The molecule has 0 radical (unpaired) electrons. The van der Waals surface area contributed by atoms with E-state index in [0.29, 0.717) is 40.0 Å². The highest BCUT2D eigenvalue weighted by molar-refractivity contribution is 8.00. The van der Waals surface area contributed by atoms with Gasteiger partial charge in [-0.15, -0.1) is 20.4 Å². The normalized spacial score (nSPS) is 11.7. The van der Waals surface area contributed by atoms with Gasteiger partial charge in [0, 0.05) is 16.9 Å². The van der Waals surface area contributed by atoms with Gasteiger partial charge in [-0.25, -0.2) is 4.39 Å². The van der Waals surface area contributed by atoms with Crippen molar-refractivity contribution in [1.82, 2.24) is 29.5 Å². The molecule has 0 aliphatic heterocycles. The quantitative estimate of drug-likeness (QED) is 0.0961. The van der Waals surface area contributed by atoms with Crippen LogP contribution in [0.15, 0.2) is 159 Å². The van der Waals surface area contributed by atoms with Gasteiger partial charge >= 0.3 is 0 Å². The number of halogens is 1. The van der Waals surface area contributed by atoms with Gasteiger partial charge in [-0.2, -0.15) is 0 Å². The van der Waals surface area contributed by atoms with E-state index in [1.807, 2.05) is 100 Å². The van der Waals surface area contributed by atoms with Crippen molar-refractivity contribution < 1.29 is 22.8 Å². The molecule has 0 spiro atoms. The van der Waals surface area contributed by atoms with Crippen LogP contribution in [-0.4, -0.2) is 52.8 Å². The van der Waals surface area contributed by atoms with Crippen molar-refractivity contribution in [2.24, 2.45) is 0 Å². The van der Waals surface area contributed by atoms with Gasteiger partial charge in [-0.05, 0) is 78.7 Å². The summed E-state index contributed by atoms with van der Waals surface area (Å²) in [7, 11) is 0. The Kier molecular flexibility index (Phi) is 11.6. The molecule has 0 saturated carbocycles. The predicted molar refractivity (Wildman–Crippen MR) is 222 cm³/mol. The molecule has 0 saturated heterocycles. The summed E-state index contributed by atoms with van der Waals surface area (Å²) in [5, 5.41) is 24.7. The molecule has 4 heterocycles. The Morgan fingerprint density at radius 2 is 1.33 bits per heavy atom. The van der Waals surface area contributed by atoms with Gasteiger partial charge < -0.3 is 19.5 Å². The number of nitrogens with zero attached hydrogens (tertiary/aromatic N) is 6. The number of para-hydroxylation sites is 1. The molecule has 8 aromatic rings. The molecule has 4 aromatic heterocycles. The Labute approximate surface area is 340 Å². The molecule has 0 fully saturated rings. The van der Waals surface area contributed by atoms with Crippen LogP contribution in [0.1, 0.15) is 24.1 Å². The monoisotopic (exact) mass is 810 g/mol. The van der Waals surface area contributed by atoms with Gasteiger partial charge in [0.15, 0.2) is 22.0 Å². The van der Waals surface area contributed by atoms with Crippen molar-refractivity contribution in [3.05, 3.63) is 157 Å². The van der Waals surface area contributed by atoms with Crippen LogP contribution in [0.25, 0.3) is 34.1 Å². The van der Waals surface area contributed by atoms with Crippen LogP contribution >= 0.6 is 23.5 Å². The number of carbonyl (C=O) groups excluding carboxylic acids is 2. The summed E-state index contributed by atoms with van der Waals surface area (Å²) < 4.78 is 28.8. The first-order valence-electron chi connectivity index (χ1n) is 18.2. The van der Waals surface area contributed by atoms with E-state index in [2.05, 4.69) is 38.0 Å². The van der Waals surface area contributed by atoms with E-state index in [1.165, 1.54) is 35.7 Å². The average molecular weight is 811 g/mol. The van der Waals surface area contributed by atoms with Crippen LogP contribution in [0.3, 0.4) is 0 Å². The SMILES string of the molecule is CC(c1ccccc1)n1c(SCC(=O)Nc2ccccc2)nnc1-c1coc(-c2ccc(NC(=O)CSc3nnc(-c4ccoc4)n3Cc3ccc(F)cc3)cc2)c1. The second-order valence-corrected chi connectivity index (χ2v) is 15.0. The predicted octanol–water partition coefficient (Wildman–Crippen LogP) is 9.31. The fraction of sp³-hybridized carbons (Fsp3) is 0.116. The fourth-order valence-corrected chi connectivity index (χ4v) is 7.77. The van der Waals surface area contributed by atoms with Crippen LogP contribution in [0.2, 0.25) is 0 Å². The molecule has 2 amide bonds. The van der Waals surface area contributed by atoms with E-state index >= 15 is 0 Å². The largest absolute Gasteiger partial charge is 0.472 e. The van der Waals surface area contributed by atoms with Crippen LogP contribution in [0, 0.1) is 5.82 Å². The van der Waals surface area contributed by atoms with Gasteiger partial charge in [0.1, 0.15) is 24.1 Å². The maximum atomic E-state index is 13.6.